The van der Waals surface area contributed by atoms with Gasteiger partial charge in [0, 0.05) is 5.39 Å². The third kappa shape index (κ3) is 1.88. The summed E-state index contributed by atoms with van der Waals surface area (Å²) >= 11 is 0. The third-order valence-electron chi connectivity index (χ3n) is 2.16. The maximum Gasteiger partial charge on any atom is 0.410 e. The molecule has 0 aliphatic rings. The predicted molar refractivity (Wildman–Crippen MR) is 49.2 cm³/mol. The molecule has 0 aliphatic heterocycles. The van der Waals surface area contributed by atoms with Gasteiger partial charge in [-0.1, -0.05) is 0 Å². The summed E-state index contributed by atoms with van der Waals surface area (Å²) < 4.78 is 54.5. The molecule has 6 heteroatoms. The van der Waals surface area contributed by atoms with Gasteiger partial charge in [-0.05, 0) is 24.3 Å². The van der Waals surface area contributed by atoms with Gasteiger partial charge in [0.15, 0.2) is 6.04 Å². The molecule has 0 spiro atoms. The molecule has 1 aromatic heterocycles. The highest BCUT2D eigenvalue weighted by atomic mass is 19.4. The van der Waals surface area contributed by atoms with Crippen LogP contribution in [0.5, 0.6) is 0 Å². The number of hydrogen-bond donors (Lipinski definition) is 1. The minimum atomic E-state index is -4.58. The Kier molecular flexibility index (Phi) is 2.38. The number of halogens is 4. The van der Waals surface area contributed by atoms with E-state index in [4.69, 9.17) is 10.2 Å². The van der Waals surface area contributed by atoms with Crippen LogP contribution in [-0.4, -0.2) is 6.18 Å². The van der Waals surface area contributed by atoms with Crippen LogP contribution in [0.25, 0.3) is 11.0 Å². The van der Waals surface area contributed by atoms with Gasteiger partial charge in [-0.15, -0.1) is 0 Å². The van der Waals surface area contributed by atoms with E-state index in [9.17, 15) is 17.6 Å². The number of nitrogens with two attached hydrogens (primary N) is 1. The van der Waals surface area contributed by atoms with Crippen molar-refractivity contribution in [1.29, 1.82) is 0 Å². The molecule has 2 nitrogen and oxygen atoms in total. The van der Waals surface area contributed by atoms with Crippen molar-refractivity contribution >= 4 is 11.0 Å². The number of furan rings is 1. The largest absolute Gasteiger partial charge is 0.459 e. The fourth-order valence-electron chi connectivity index (χ4n) is 1.35. The summed E-state index contributed by atoms with van der Waals surface area (Å²) in [5.74, 6) is -0.964. The van der Waals surface area contributed by atoms with E-state index in [1.807, 2.05) is 0 Å². The molecule has 2 N–H and O–H groups in total. The van der Waals surface area contributed by atoms with Crippen LogP contribution in [-0.2, 0) is 0 Å². The molecule has 0 amide bonds. The van der Waals surface area contributed by atoms with E-state index in [1.165, 1.54) is 6.07 Å². The Balaban J connectivity index is 2.47. The molecule has 0 radical (unpaired) electrons. The van der Waals surface area contributed by atoms with Crippen molar-refractivity contribution in [2.24, 2.45) is 5.73 Å². The van der Waals surface area contributed by atoms with Crippen molar-refractivity contribution in [3.05, 3.63) is 35.8 Å². The molecule has 0 fully saturated rings. The second-order valence-electron chi connectivity index (χ2n) is 3.35. The van der Waals surface area contributed by atoms with E-state index in [-0.39, 0.29) is 11.0 Å². The van der Waals surface area contributed by atoms with Crippen molar-refractivity contribution in [2.45, 2.75) is 12.2 Å². The molecular formula is C10H7F4NO. The summed E-state index contributed by atoms with van der Waals surface area (Å²) in [5.41, 5.74) is 5.14. The smallest absolute Gasteiger partial charge is 0.410 e. The van der Waals surface area contributed by atoms with Gasteiger partial charge in [0.25, 0.3) is 0 Å². The fourth-order valence-corrected chi connectivity index (χ4v) is 1.35. The first-order valence-corrected chi connectivity index (χ1v) is 4.39. The Hall–Kier alpha value is -1.56. The molecule has 1 atom stereocenters. The maximum atomic E-state index is 12.8. The molecule has 0 bridgehead atoms. The van der Waals surface area contributed by atoms with Gasteiger partial charge in [0.05, 0.1) is 0 Å². The molecule has 0 saturated carbocycles. The Morgan fingerprint density at radius 2 is 1.88 bits per heavy atom. The Morgan fingerprint density at radius 3 is 2.50 bits per heavy atom. The zero-order valence-corrected chi connectivity index (χ0v) is 7.88. The Bertz CT molecular complexity index is 517. The van der Waals surface area contributed by atoms with Gasteiger partial charge >= 0.3 is 6.18 Å². The number of rotatable bonds is 1. The Labute approximate surface area is 87.6 Å². The zero-order chi connectivity index (χ0) is 11.9. The van der Waals surface area contributed by atoms with E-state index in [0.29, 0.717) is 0 Å². The van der Waals surface area contributed by atoms with Gasteiger partial charge < -0.3 is 10.2 Å². The van der Waals surface area contributed by atoms with Crippen molar-refractivity contribution in [3.8, 4) is 0 Å². The second kappa shape index (κ2) is 3.48. The van der Waals surface area contributed by atoms with Crippen LogP contribution < -0.4 is 5.73 Å². The lowest BCUT2D eigenvalue weighted by Crippen LogP contribution is -2.27. The summed E-state index contributed by atoms with van der Waals surface area (Å²) in [6.45, 7) is 0. The summed E-state index contributed by atoms with van der Waals surface area (Å²) in [7, 11) is 0. The van der Waals surface area contributed by atoms with Crippen LogP contribution in [0.1, 0.15) is 11.8 Å². The van der Waals surface area contributed by atoms with Crippen molar-refractivity contribution in [3.63, 3.8) is 0 Å². The number of fused-ring (bicyclic) bond motifs is 1. The molecule has 0 aliphatic carbocycles. The molecule has 0 saturated heterocycles. The van der Waals surface area contributed by atoms with E-state index in [2.05, 4.69) is 0 Å². The lowest BCUT2D eigenvalue weighted by molar-refractivity contribution is -0.152. The first kappa shape index (κ1) is 10.9. The van der Waals surface area contributed by atoms with Gasteiger partial charge in [-0.25, -0.2) is 4.39 Å². The van der Waals surface area contributed by atoms with Crippen LogP contribution in [0.4, 0.5) is 17.6 Å². The quantitative estimate of drug-likeness (QED) is 0.768. The summed E-state index contributed by atoms with van der Waals surface area (Å²) in [6.07, 6.45) is -4.58. The van der Waals surface area contributed by atoms with Crippen molar-refractivity contribution in [1.82, 2.24) is 0 Å². The number of hydrogen-bond acceptors (Lipinski definition) is 2. The topological polar surface area (TPSA) is 39.2 Å². The highest BCUT2D eigenvalue weighted by Gasteiger charge is 2.40. The molecule has 1 unspecified atom stereocenters. The highest BCUT2D eigenvalue weighted by molar-refractivity contribution is 5.78. The average molecular weight is 233 g/mol. The van der Waals surface area contributed by atoms with Crippen LogP contribution in [0.15, 0.2) is 28.7 Å². The number of benzene rings is 1. The van der Waals surface area contributed by atoms with Gasteiger partial charge in [0.2, 0.25) is 0 Å². The summed E-state index contributed by atoms with van der Waals surface area (Å²) in [4.78, 5) is 0. The monoisotopic (exact) mass is 233 g/mol. The van der Waals surface area contributed by atoms with Crippen LogP contribution in [0.3, 0.4) is 0 Å². The first-order chi connectivity index (χ1) is 7.38. The standard InChI is InChI=1S/C10H7F4NO/c11-6-1-2-7-5(3-6)4-8(16-7)9(15)10(12,13)14/h1-4,9H,15H2. The summed E-state index contributed by atoms with van der Waals surface area (Å²) in [5, 5.41) is 0.259. The molecular weight excluding hydrogens is 226 g/mol. The second-order valence-corrected chi connectivity index (χ2v) is 3.35. The van der Waals surface area contributed by atoms with Crippen molar-refractivity contribution in [2.75, 3.05) is 0 Å². The lowest BCUT2D eigenvalue weighted by atomic mass is 10.2. The molecule has 1 aromatic carbocycles. The van der Waals surface area contributed by atoms with E-state index < -0.39 is 23.8 Å². The zero-order valence-electron chi connectivity index (χ0n) is 7.88. The van der Waals surface area contributed by atoms with Crippen molar-refractivity contribution < 1.29 is 22.0 Å². The molecule has 1 heterocycles. The minimum absolute atomic E-state index is 0.177. The van der Waals surface area contributed by atoms with E-state index in [1.54, 1.807) is 0 Å². The lowest BCUT2D eigenvalue weighted by Gasteiger charge is -2.12. The first-order valence-electron chi connectivity index (χ1n) is 4.39. The molecule has 2 rings (SSSR count). The van der Waals surface area contributed by atoms with Crippen LogP contribution in [0.2, 0.25) is 0 Å². The van der Waals surface area contributed by atoms with Gasteiger partial charge in [-0.2, -0.15) is 13.2 Å². The molecule has 86 valence electrons. The molecule has 2 aromatic rings. The summed E-state index contributed by atoms with van der Waals surface area (Å²) in [6, 6.07) is 2.36. The predicted octanol–water partition coefficient (Wildman–Crippen LogP) is 3.13. The van der Waals surface area contributed by atoms with E-state index in [0.717, 1.165) is 18.2 Å². The van der Waals surface area contributed by atoms with E-state index >= 15 is 0 Å². The molecule has 16 heavy (non-hydrogen) atoms. The van der Waals surface area contributed by atoms with Crippen LogP contribution >= 0.6 is 0 Å². The average Bonchev–Trinajstić information content (AvgIpc) is 2.57. The third-order valence-corrected chi connectivity index (χ3v) is 2.16. The van der Waals surface area contributed by atoms with Gasteiger partial charge in [0.1, 0.15) is 17.2 Å². The Morgan fingerprint density at radius 1 is 1.19 bits per heavy atom. The van der Waals surface area contributed by atoms with Crippen LogP contribution in [0, 0.1) is 5.82 Å². The number of alkyl halides is 3. The van der Waals surface area contributed by atoms with Gasteiger partial charge in [-0.3, -0.25) is 0 Å². The highest BCUT2D eigenvalue weighted by Crippen LogP contribution is 2.33. The minimum Gasteiger partial charge on any atom is -0.459 e. The SMILES string of the molecule is NC(c1cc2cc(F)ccc2o1)C(F)(F)F. The normalized spacial score (nSPS) is 14.3. The maximum absolute atomic E-state index is 12.8. The fraction of sp³-hybridized carbons (Fsp3) is 0.200.